The molecule has 26 heavy (non-hydrogen) atoms. The van der Waals surface area contributed by atoms with E-state index in [9.17, 15) is 13.2 Å². The van der Waals surface area contributed by atoms with Crippen LogP contribution in [0.3, 0.4) is 0 Å². The number of anilines is 1. The Morgan fingerprint density at radius 2 is 1.85 bits per heavy atom. The first-order chi connectivity index (χ1) is 12.4. The van der Waals surface area contributed by atoms with Gasteiger partial charge in [0.2, 0.25) is 5.91 Å². The van der Waals surface area contributed by atoms with Crippen LogP contribution < -0.4 is 5.32 Å². The van der Waals surface area contributed by atoms with Crippen molar-refractivity contribution >= 4 is 33.0 Å². The number of carbonyl (C=O) groups is 1. The molecule has 1 aromatic heterocycles. The van der Waals surface area contributed by atoms with Crippen LogP contribution in [0.2, 0.25) is 0 Å². The van der Waals surface area contributed by atoms with Gasteiger partial charge in [-0.2, -0.15) is 4.31 Å². The number of carbonyl (C=O) groups excluding carboxylic acids is 1. The molecule has 0 spiro atoms. The number of nitrogens with one attached hydrogen (secondary N) is 1. The average Bonchev–Trinajstić information content (AvgIpc) is 3.15. The molecule has 8 heteroatoms. The minimum Gasteiger partial charge on any atom is -0.325 e. The van der Waals surface area contributed by atoms with Gasteiger partial charge in [0.1, 0.15) is 4.21 Å². The Bertz CT molecular complexity index is 871. The third kappa shape index (κ3) is 4.15. The highest BCUT2D eigenvalue weighted by Gasteiger charge is 2.29. The summed E-state index contributed by atoms with van der Waals surface area (Å²) in [4.78, 5) is 14.3. The normalized spacial score (nSPS) is 16.5. The average molecular weight is 394 g/mol. The van der Waals surface area contributed by atoms with Gasteiger partial charge in [0, 0.05) is 31.9 Å². The highest BCUT2D eigenvalue weighted by Crippen LogP contribution is 2.22. The summed E-state index contributed by atoms with van der Waals surface area (Å²) in [6.45, 7) is 6.15. The van der Waals surface area contributed by atoms with Crippen LogP contribution in [-0.4, -0.2) is 56.3 Å². The molecule has 0 radical (unpaired) electrons. The molecule has 1 amide bonds. The largest absolute Gasteiger partial charge is 0.325 e. The van der Waals surface area contributed by atoms with Gasteiger partial charge >= 0.3 is 0 Å². The SMILES string of the molecule is Cc1cccc(NC(=O)CN2CCN(S(=O)(=O)c3cccs3)CC2)c1C. The first kappa shape index (κ1) is 19.0. The fourth-order valence-electron chi connectivity index (χ4n) is 2.94. The second-order valence-electron chi connectivity index (χ2n) is 6.41. The minimum atomic E-state index is -3.40. The zero-order chi connectivity index (χ0) is 18.7. The second kappa shape index (κ2) is 7.87. The predicted molar refractivity (Wildman–Crippen MR) is 104 cm³/mol. The summed E-state index contributed by atoms with van der Waals surface area (Å²) in [5.74, 6) is -0.0757. The molecule has 1 aliphatic rings. The van der Waals surface area contributed by atoms with Crippen molar-refractivity contribution in [2.24, 2.45) is 0 Å². The highest BCUT2D eigenvalue weighted by molar-refractivity contribution is 7.91. The maximum atomic E-state index is 12.5. The van der Waals surface area contributed by atoms with Crippen LogP contribution in [0, 0.1) is 13.8 Å². The Balaban J connectivity index is 1.54. The van der Waals surface area contributed by atoms with Crippen molar-refractivity contribution in [3.8, 4) is 0 Å². The van der Waals surface area contributed by atoms with Crippen molar-refractivity contribution in [2.75, 3.05) is 38.0 Å². The number of benzene rings is 1. The van der Waals surface area contributed by atoms with Crippen LogP contribution >= 0.6 is 11.3 Å². The standard InChI is InChI=1S/C18H23N3O3S2/c1-14-5-3-6-16(15(14)2)19-17(22)13-20-8-10-21(11-9-20)26(23,24)18-7-4-12-25-18/h3-7,12H,8-11,13H2,1-2H3,(H,19,22). The van der Waals surface area contributed by atoms with Crippen LogP contribution in [-0.2, 0) is 14.8 Å². The predicted octanol–water partition coefficient (Wildman–Crippen LogP) is 2.31. The molecule has 1 saturated heterocycles. The molecular formula is C18H23N3O3S2. The van der Waals surface area contributed by atoms with E-state index in [-0.39, 0.29) is 12.5 Å². The number of hydrogen-bond acceptors (Lipinski definition) is 5. The summed E-state index contributed by atoms with van der Waals surface area (Å²) in [5.41, 5.74) is 3.02. The van der Waals surface area contributed by atoms with Gasteiger partial charge in [-0.3, -0.25) is 9.69 Å². The van der Waals surface area contributed by atoms with Crippen LogP contribution in [0.15, 0.2) is 39.9 Å². The Labute approximate surface area is 158 Å². The third-order valence-electron chi connectivity index (χ3n) is 4.67. The fraction of sp³-hybridized carbons (Fsp3) is 0.389. The van der Waals surface area contributed by atoms with Gasteiger partial charge in [-0.1, -0.05) is 18.2 Å². The molecule has 0 aliphatic carbocycles. The quantitative estimate of drug-likeness (QED) is 0.846. The van der Waals surface area contributed by atoms with E-state index in [0.29, 0.717) is 30.4 Å². The van der Waals surface area contributed by atoms with Gasteiger partial charge in [0.25, 0.3) is 10.0 Å². The first-order valence-electron chi connectivity index (χ1n) is 8.50. The lowest BCUT2D eigenvalue weighted by atomic mass is 10.1. The van der Waals surface area contributed by atoms with Crippen LogP contribution in [0.1, 0.15) is 11.1 Å². The van der Waals surface area contributed by atoms with Crippen molar-refractivity contribution in [1.82, 2.24) is 9.21 Å². The molecule has 0 saturated carbocycles. The summed E-state index contributed by atoms with van der Waals surface area (Å²) < 4.78 is 26.9. The van der Waals surface area contributed by atoms with Crippen molar-refractivity contribution in [2.45, 2.75) is 18.1 Å². The van der Waals surface area contributed by atoms with E-state index >= 15 is 0 Å². The van der Waals surface area contributed by atoms with Gasteiger partial charge in [-0.05, 0) is 42.5 Å². The zero-order valence-electron chi connectivity index (χ0n) is 14.9. The van der Waals surface area contributed by atoms with Crippen LogP contribution in [0.25, 0.3) is 0 Å². The van der Waals surface area contributed by atoms with Crippen molar-refractivity contribution in [1.29, 1.82) is 0 Å². The topological polar surface area (TPSA) is 69.7 Å². The molecule has 3 rings (SSSR count). The number of aryl methyl sites for hydroxylation is 1. The molecule has 1 aliphatic heterocycles. The van der Waals surface area contributed by atoms with E-state index in [1.165, 1.54) is 15.6 Å². The third-order valence-corrected chi connectivity index (χ3v) is 7.94. The van der Waals surface area contributed by atoms with E-state index < -0.39 is 10.0 Å². The van der Waals surface area contributed by atoms with E-state index in [1.807, 2.05) is 36.9 Å². The Morgan fingerprint density at radius 3 is 2.50 bits per heavy atom. The summed E-state index contributed by atoms with van der Waals surface area (Å²) in [5, 5.41) is 4.72. The van der Waals surface area contributed by atoms with E-state index in [1.54, 1.807) is 17.5 Å². The first-order valence-corrected chi connectivity index (χ1v) is 10.8. The molecule has 6 nitrogen and oxygen atoms in total. The molecule has 1 fully saturated rings. The maximum absolute atomic E-state index is 12.5. The smallest absolute Gasteiger partial charge is 0.252 e. The van der Waals surface area contributed by atoms with Gasteiger partial charge < -0.3 is 5.32 Å². The summed E-state index contributed by atoms with van der Waals surface area (Å²) in [6.07, 6.45) is 0. The number of nitrogens with zero attached hydrogens (tertiary/aromatic N) is 2. The number of thiophene rings is 1. The molecule has 2 heterocycles. The molecule has 0 bridgehead atoms. The number of piperazine rings is 1. The zero-order valence-corrected chi connectivity index (χ0v) is 16.6. The molecule has 0 unspecified atom stereocenters. The van der Waals surface area contributed by atoms with Crippen LogP contribution in [0.4, 0.5) is 5.69 Å². The Hall–Kier alpha value is -1.74. The molecular weight excluding hydrogens is 370 g/mol. The van der Waals surface area contributed by atoms with E-state index in [2.05, 4.69) is 5.32 Å². The Morgan fingerprint density at radius 1 is 1.12 bits per heavy atom. The summed E-state index contributed by atoms with van der Waals surface area (Å²) in [7, 11) is -3.40. The van der Waals surface area contributed by atoms with Gasteiger partial charge in [-0.25, -0.2) is 8.42 Å². The molecule has 1 aromatic carbocycles. The number of rotatable bonds is 5. The number of sulfonamides is 1. The maximum Gasteiger partial charge on any atom is 0.252 e. The molecule has 0 atom stereocenters. The van der Waals surface area contributed by atoms with Gasteiger partial charge in [0.15, 0.2) is 0 Å². The fourth-order valence-corrected chi connectivity index (χ4v) is 5.51. The lowest BCUT2D eigenvalue weighted by Gasteiger charge is -2.33. The monoisotopic (exact) mass is 393 g/mol. The lowest BCUT2D eigenvalue weighted by molar-refractivity contribution is -0.117. The Kier molecular flexibility index (Phi) is 5.76. The van der Waals surface area contributed by atoms with Gasteiger partial charge in [-0.15, -0.1) is 11.3 Å². The van der Waals surface area contributed by atoms with E-state index in [4.69, 9.17) is 0 Å². The summed E-state index contributed by atoms with van der Waals surface area (Å²) in [6, 6.07) is 9.20. The van der Waals surface area contributed by atoms with Crippen molar-refractivity contribution in [3.05, 3.63) is 46.8 Å². The molecule has 140 valence electrons. The van der Waals surface area contributed by atoms with Crippen LogP contribution in [0.5, 0.6) is 0 Å². The lowest BCUT2D eigenvalue weighted by Crippen LogP contribution is -2.50. The summed E-state index contributed by atoms with van der Waals surface area (Å²) >= 11 is 1.23. The van der Waals surface area contributed by atoms with Crippen molar-refractivity contribution in [3.63, 3.8) is 0 Å². The van der Waals surface area contributed by atoms with Crippen molar-refractivity contribution < 1.29 is 13.2 Å². The molecule has 1 N–H and O–H groups in total. The minimum absolute atomic E-state index is 0.0757. The number of amides is 1. The molecule has 2 aromatic rings. The highest BCUT2D eigenvalue weighted by atomic mass is 32.2. The van der Waals surface area contributed by atoms with E-state index in [0.717, 1.165) is 16.8 Å². The number of hydrogen-bond donors (Lipinski definition) is 1. The second-order valence-corrected chi connectivity index (χ2v) is 9.52. The van der Waals surface area contributed by atoms with Gasteiger partial charge in [0.05, 0.1) is 6.54 Å².